The van der Waals surface area contributed by atoms with Crippen molar-refractivity contribution in [1.29, 1.82) is 0 Å². The number of nitrogens with one attached hydrogen (secondary N) is 1. The predicted octanol–water partition coefficient (Wildman–Crippen LogP) is 2.80. The second-order valence-electron chi connectivity index (χ2n) is 5.70. The normalized spacial score (nSPS) is 13.7. The van der Waals surface area contributed by atoms with Crippen molar-refractivity contribution in [3.63, 3.8) is 0 Å². The lowest BCUT2D eigenvalue weighted by Crippen LogP contribution is -2.46. The van der Waals surface area contributed by atoms with Gasteiger partial charge in [-0.1, -0.05) is 0 Å². The van der Waals surface area contributed by atoms with Crippen LogP contribution >= 0.6 is 11.3 Å². The summed E-state index contributed by atoms with van der Waals surface area (Å²) in [5, 5.41) is 13.2. The highest BCUT2D eigenvalue weighted by Crippen LogP contribution is 2.42. The lowest BCUT2D eigenvalue weighted by molar-refractivity contribution is -0.267. The summed E-state index contributed by atoms with van der Waals surface area (Å²) in [7, 11) is 1.53. The molecule has 27 heavy (non-hydrogen) atoms. The zero-order chi connectivity index (χ0) is 20.1. The number of aliphatic hydroxyl groups is 1. The Balaban J connectivity index is 1.88. The molecular formula is C17H19F3N2O4S. The molecule has 1 aromatic carbocycles. The van der Waals surface area contributed by atoms with Crippen LogP contribution in [0.1, 0.15) is 17.1 Å². The van der Waals surface area contributed by atoms with E-state index in [1.807, 2.05) is 0 Å². The smallest absolute Gasteiger partial charge is 0.424 e. The van der Waals surface area contributed by atoms with Crippen LogP contribution in [0.25, 0.3) is 0 Å². The number of aryl methyl sites for hydroxylation is 1. The zero-order valence-corrected chi connectivity index (χ0v) is 15.5. The molecule has 0 spiro atoms. The van der Waals surface area contributed by atoms with E-state index in [2.05, 4.69) is 10.3 Å². The van der Waals surface area contributed by atoms with Gasteiger partial charge >= 0.3 is 6.18 Å². The predicted molar refractivity (Wildman–Crippen MR) is 92.9 cm³/mol. The number of alkyl halides is 3. The van der Waals surface area contributed by atoms with Gasteiger partial charge in [0.15, 0.2) is 0 Å². The highest BCUT2D eigenvalue weighted by atomic mass is 32.1. The number of methoxy groups -OCH3 is 1. The van der Waals surface area contributed by atoms with Crippen molar-refractivity contribution in [3.8, 4) is 11.5 Å². The highest BCUT2D eigenvalue weighted by Gasteiger charge is 2.58. The third kappa shape index (κ3) is 5.33. The summed E-state index contributed by atoms with van der Waals surface area (Å²) in [5.74, 6) is 0.218. The molecule has 1 aromatic heterocycles. The van der Waals surface area contributed by atoms with Crippen LogP contribution in [0.15, 0.2) is 29.6 Å². The second-order valence-corrected chi connectivity index (χ2v) is 6.56. The maximum absolute atomic E-state index is 13.3. The third-order valence-corrected chi connectivity index (χ3v) is 4.72. The van der Waals surface area contributed by atoms with Gasteiger partial charge in [0.1, 0.15) is 23.1 Å². The van der Waals surface area contributed by atoms with Gasteiger partial charge in [0.25, 0.3) is 0 Å². The molecule has 2 aromatic rings. The average molecular weight is 404 g/mol. The van der Waals surface area contributed by atoms with E-state index in [-0.39, 0.29) is 13.2 Å². The Kier molecular flexibility index (Phi) is 6.66. The minimum atomic E-state index is -5.03. The first kappa shape index (κ1) is 21.0. The van der Waals surface area contributed by atoms with Crippen molar-refractivity contribution in [3.05, 3.63) is 40.3 Å². The second kappa shape index (κ2) is 8.57. The number of ether oxygens (including phenoxy) is 2. The van der Waals surface area contributed by atoms with E-state index in [1.165, 1.54) is 19.4 Å². The van der Waals surface area contributed by atoms with Gasteiger partial charge in [-0.05, 0) is 31.2 Å². The number of rotatable bonds is 8. The van der Waals surface area contributed by atoms with Gasteiger partial charge in [-0.15, -0.1) is 11.3 Å². The number of carbonyl (C=O) groups is 1. The van der Waals surface area contributed by atoms with Crippen LogP contribution < -0.4 is 14.8 Å². The molecule has 1 amide bonds. The number of nitrogens with zero attached hydrogens (tertiary/aromatic N) is 1. The monoisotopic (exact) mass is 404 g/mol. The highest BCUT2D eigenvalue weighted by molar-refractivity contribution is 7.09. The molecular weight excluding hydrogens is 385 g/mol. The quantitative estimate of drug-likeness (QED) is 0.662. The van der Waals surface area contributed by atoms with Crippen molar-refractivity contribution >= 4 is 17.2 Å². The standard InChI is InChI=1S/C17H19F3N2O4S/c1-11-10-27-15(22-11)16(24,17(18,19)20)9-14(23)21-7-8-26-13-5-3-12(25-2)4-6-13/h3-6,10,24H,7-9H2,1-2H3,(H,21,23). The minimum Gasteiger partial charge on any atom is -0.497 e. The van der Waals surface area contributed by atoms with E-state index in [0.717, 1.165) is 0 Å². The lowest BCUT2D eigenvalue weighted by atomic mass is 9.99. The van der Waals surface area contributed by atoms with Crippen LogP contribution in [0.2, 0.25) is 0 Å². The van der Waals surface area contributed by atoms with E-state index >= 15 is 0 Å². The first-order chi connectivity index (χ1) is 12.7. The van der Waals surface area contributed by atoms with Crippen molar-refractivity contribution < 1.29 is 32.5 Å². The Morgan fingerprint density at radius 1 is 1.26 bits per heavy atom. The van der Waals surface area contributed by atoms with Gasteiger partial charge in [0.2, 0.25) is 11.5 Å². The van der Waals surface area contributed by atoms with E-state index in [9.17, 15) is 23.1 Å². The molecule has 0 bridgehead atoms. The van der Waals surface area contributed by atoms with Gasteiger partial charge < -0.3 is 19.9 Å². The van der Waals surface area contributed by atoms with Crippen molar-refractivity contribution in [2.24, 2.45) is 0 Å². The largest absolute Gasteiger partial charge is 0.497 e. The summed E-state index contributed by atoms with van der Waals surface area (Å²) in [6.45, 7) is 1.54. The Hall–Kier alpha value is -2.33. The summed E-state index contributed by atoms with van der Waals surface area (Å²) < 4.78 is 50.4. The molecule has 1 unspecified atom stereocenters. The molecule has 1 heterocycles. The lowest BCUT2D eigenvalue weighted by Gasteiger charge is -2.27. The van der Waals surface area contributed by atoms with Crippen molar-refractivity contribution in [1.82, 2.24) is 10.3 Å². The molecule has 0 radical (unpaired) electrons. The molecule has 2 rings (SSSR count). The van der Waals surface area contributed by atoms with Gasteiger partial charge in [-0.25, -0.2) is 4.98 Å². The first-order valence-electron chi connectivity index (χ1n) is 7.91. The summed E-state index contributed by atoms with van der Waals surface area (Å²) in [6, 6.07) is 6.70. The molecule has 0 aliphatic heterocycles. The van der Waals surface area contributed by atoms with Gasteiger partial charge in [0.05, 0.1) is 20.1 Å². The Bertz CT molecular complexity index is 764. The number of hydrogen-bond acceptors (Lipinski definition) is 6. The maximum Gasteiger partial charge on any atom is 0.424 e. The number of benzene rings is 1. The summed E-state index contributed by atoms with van der Waals surface area (Å²) in [5.41, 5.74) is -2.99. The van der Waals surface area contributed by atoms with Gasteiger partial charge in [-0.3, -0.25) is 4.79 Å². The molecule has 0 fully saturated rings. The molecule has 0 aliphatic rings. The number of thiazole rings is 1. The van der Waals surface area contributed by atoms with Crippen LogP contribution in [-0.4, -0.2) is 42.4 Å². The minimum absolute atomic E-state index is 0.0182. The summed E-state index contributed by atoms with van der Waals surface area (Å²) in [6.07, 6.45) is -6.21. The summed E-state index contributed by atoms with van der Waals surface area (Å²) >= 11 is 0.658. The van der Waals surface area contributed by atoms with Gasteiger partial charge in [-0.2, -0.15) is 13.2 Å². The molecule has 6 nitrogen and oxygen atoms in total. The molecule has 0 saturated carbocycles. The van der Waals surface area contributed by atoms with Crippen molar-refractivity contribution in [2.45, 2.75) is 25.1 Å². The SMILES string of the molecule is COc1ccc(OCCNC(=O)CC(O)(c2nc(C)cs2)C(F)(F)F)cc1. The Labute approximate surface area is 157 Å². The number of aromatic nitrogens is 1. The molecule has 10 heteroatoms. The van der Waals surface area contributed by atoms with E-state index in [4.69, 9.17) is 9.47 Å². The maximum atomic E-state index is 13.3. The van der Waals surface area contributed by atoms with E-state index in [1.54, 1.807) is 24.3 Å². The topological polar surface area (TPSA) is 80.7 Å². The van der Waals surface area contributed by atoms with E-state index < -0.39 is 29.1 Å². The molecule has 148 valence electrons. The van der Waals surface area contributed by atoms with Crippen LogP contribution in [0.3, 0.4) is 0 Å². The number of carbonyl (C=O) groups excluding carboxylic acids is 1. The fourth-order valence-corrected chi connectivity index (χ4v) is 3.08. The van der Waals surface area contributed by atoms with Crippen LogP contribution in [-0.2, 0) is 10.4 Å². The Morgan fingerprint density at radius 3 is 2.41 bits per heavy atom. The summed E-state index contributed by atoms with van der Waals surface area (Å²) in [4.78, 5) is 15.6. The molecule has 2 N–H and O–H groups in total. The first-order valence-corrected chi connectivity index (χ1v) is 8.79. The zero-order valence-electron chi connectivity index (χ0n) is 14.7. The molecule has 1 atom stereocenters. The number of hydrogen-bond donors (Lipinski definition) is 2. The fraction of sp³-hybridized carbons (Fsp3) is 0.412. The molecule has 0 aliphatic carbocycles. The van der Waals surface area contributed by atoms with E-state index in [0.29, 0.717) is 28.5 Å². The Morgan fingerprint density at radius 2 is 1.89 bits per heavy atom. The number of amides is 1. The third-order valence-electron chi connectivity index (χ3n) is 3.61. The number of halogens is 3. The molecule has 0 saturated heterocycles. The van der Waals surface area contributed by atoms with Crippen LogP contribution in [0.4, 0.5) is 13.2 Å². The average Bonchev–Trinajstić information content (AvgIpc) is 3.05. The van der Waals surface area contributed by atoms with Crippen LogP contribution in [0.5, 0.6) is 11.5 Å². The van der Waals surface area contributed by atoms with Gasteiger partial charge in [0, 0.05) is 11.1 Å². The van der Waals surface area contributed by atoms with Crippen LogP contribution in [0, 0.1) is 6.92 Å². The van der Waals surface area contributed by atoms with Crippen molar-refractivity contribution in [2.75, 3.05) is 20.3 Å². The fourth-order valence-electron chi connectivity index (χ4n) is 2.17.